The van der Waals surface area contributed by atoms with Crippen LogP contribution in [0.2, 0.25) is 0 Å². The lowest BCUT2D eigenvalue weighted by atomic mass is 9.91. The Hall–Kier alpha value is -1.52. The van der Waals surface area contributed by atoms with Gasteiger partial charge in [0.1, 0.15) is 19.8 Å². The van der Waals surface area contributed by atoms with E-state index in [9.17, 15) is 9.59 Å². The summed E-state index contributed by atoms with van der Waals surface area (Å²) in [6, 6.07) is 0. The van der Waals surface area contributed by atoms with E-state index in [1.807, 2.05) is 6.92 Å². The molecule has 0 atom stereocenters. The zero-order chi connectivity index (χ0) is 13.3. The molecule has 0 bridgehead atoms. The molecular formula is C12H20O5. The fraction of sp³-hybridized carbons (Fsp3) is 0.667. The zero-order valence-corrected chi connectivity index (χ0v) is 10.7. The van der Waals surface area contributed by atoms with E-state index in [1.54, 1.807) is 13.8 Å². The molecule has 0 heterocycles. The lowest BCUT2D eigenvalue weighted by Gasteiger charge is -2.20. The van der Waals surface area contributed by atoms with Crippen LogP contribution < -0.4 is 0 Å². The fourth-order valence-electron chi connectivity index (χ4n) is 0.768. The molecule has 0 unspecified atom stereocenters. The summed E-state index contributed by atoms with van der Waals surface area (Å²) in [6.07, 6.45) is 1.33. The first kappa shape index (κ1) is 15.5. The molecule has 0 spiro atoms. The first-order valence-electron chi connectivity index (χ1n) is 5.51. The van der Waals surface area contributed by atoms with Gasteiger partial charge in [0.05, 0.1) is 5.41 Å². The molecule has 0 saturated carbocycles. The molecule has 98 valence electrons. The van der Waals surface area contributed by atoms with Crippen LogP contribution >= 0.6 is 0 Å². The highest BCUT2D eigenvalue weighted by atomic mass is 16.7. The predicted molar refractivity (Wildman–Crippen MR) is 62.5 cm³/mol. The highest BCUT2D eigenvalue weighted by Gasteiger charge is 2.26. The summed E-state index contributed by atoms with van der Waals surface area (Å²) in [6.45, 7) is 9.01. The van der Waals surface area contributed by atoms with E-state index in [2.05, 4.69) is 16.1 Å². The fourth-order valence-corrected chi connectivity index (χ4v) is 0.768. The van der Waals surface area contributed by atoms with Crippen molar-refractivity contribution in [2.75, 3.05) is 19.8 Å². The quantitative estimate of drug-likeness (QED) is 0.390. The minimum atomic E-state index is -0.796. The summed E-state index contributed by atoms with van der Waals surface area (Å²) < 4.78 is 14.2. The third kappa shape index (κ3) is 6.60. The van der Waals surface area contributed by atoms with Crippen LogP contribution in [0.3, 0.4) is 0 Å². The molecule has 0 radical (unpaired) electrons. The average Bonchev–Trinajstić information content (AvgIpc) is 2.31. The average molecular weight is 244 g/mol. The van der Waals surface area contributed by atoms with Crippen LogP contribution in [0.15, 0.2) is 12.7 Å². The molecule has 0 aliphatic heterocycles. The van der Waals surface area contributed by atoms with Gasteiger partial charge in [0, 0.05) is 0 Å². The van der Waals surface area contributed by atoms with E-state index >= 15 is 0 Å². The van der Waals surface area contributed by atoms with Gasteiger partial charge >= 0.3 is 12.1 Å². The molecule has 0 N–H and O–H groups in total. The van der Waals surface area contributed by atoms with Crippen molar-refractivity contribution in [1.29, 1.82) is 0 Å². The van der Waals surface area contributed by atoms with Gasteiger partial charge in [-0.3, -0.25) is 4.79 Å². The van der Waals surface area contributed by atoms with Crippen LogP contribution in [-0.4, -0.2) is 31.9 Å². The Balaban J connectivity index is 3.68. The Morgan fingerprint density at radius 3 is 2.29 bits per heavy atom. The Kier molecular flexibility index (Phi) is 7.02. The molecule has 5 nitrogen and oxygen atoms in total. The Morgan fingerprint density at radius 1 is 1.18 bits per heavy atom. The maximum Gasteiger partial charge on any atom is 0.508 e. The lowest BCUT2D eigenvalue weighted by Crippen LogP contribution is -2.27. The van der Waals surface area contributed by atoms with E-state index in [-0.39, 0.29) is 25.8 Å². The molecule has 0 saturated heterocycles. The predicted octanol–water partition coefficient (Wildman–Crippen LogP) is 2.31. The third-order valence-corrected chi connectivity index (χ3v) is 2.29. The van der Waals surface area contributed by atoms with E-state index in [0.29, 0.717) is 6.42 Å². The monoisotopic (exact) mass is 244 g/mol. The highest BCUT2D eigenvalue weighted by molar-refractivity contribution is 5.75. The molecule has 17 heavy (non-hydrogen) atoms. The largest absolute Gasteiger partial charge is 0.508 e. The SMILES string of the molecule is C=CCOC(=O)OCCOC(=O)C(C)(C)CC. The molecule has 0 aromatic carbocycles. The second-order valence-electron chi connectivity index (χ2n) is 4.07. The normalized spacial score (nSPS) is 10.5. The number of carbonyl (C=O) groups is 2. The zero-order valence-electron chi connectivity index (χ0n) is 10.7. The first-order valence-corrected chi connectivity index (χ1v) is 5.51. The Bertz CT molecular complexity index is 270. The van der Waals surface area contributed by atoms with Crippen molar-refractivity contribution >= 4 is 12.1 Å². The van der Waals surface area contributed by atoms with Crippen LogP contribution in [0, 0.1) is 5.41 Å². The number of carbonyl (C=O) groups excluding carboxylic acids is 2. The number of hydrogen-bond acceptors (Lipinski definition) is 5. The van der Waals surface area contributed by atoms with Gasteiger partial charge in [-0.1, -0.05) is 19.6 Å². The van der Waals surface area contributed by atoms with Gasteiger partial charge in [0.2, 0.25) is 0 Å². The number of rotatable bonds is 7. The van der Waals surface area contributed by atoms with Crippen molar-refractivity contribution in [2.24, 2.45) is 5.41 Å². The van der Waals surface area contributed by atoms with Crippen LogP contribution in [0.1, 0.15) is 27.2 Å². The smallest absolute Gasteiger partial charge is 0.462 e. The first-order chi connectivity index (χ1) is 7.94. The second-order valence-corrected chi connectivity index (χ2v) is 4.07. The van der Waals surface area contributed by atoms with Crippen LogP contribution in [0.5, 0.6) is 0 Å². The topological polar surface area (TPSA) is 61.8 Å². The van der Waals surface area contributed by atoms with Crippen molar-refractivity contribution in [3.05, 3.63) is 12.7 Å². The standard InChI is InChI=1S/C12H20O5/c1-5-7-16-11(14)17-9-8-15-10(13)12(3,4)6-2/h5H,1,6-9H2,2-4H3. The molecule has 0 rings (SSSR count). The van der Waals surface area contributed by atoms with Gasteiger partial charge in [-0.15, -0.1) is 0 Å². The lowest BCUT2D eigenvalue weighted by molar-refractivity contribution is -0.155. The Labute approximate surface area is 102 Å². The highest BCUT2D eigenvalue weighted by Crippen LogP contribution is 2.21. The summed E-state index contributed by atoms with van der Waals surface area (Å²) in [5, 5.41) is 0. The minimum Gasteiger partial charge on any atom is -0.462 e. The molecular weight excluding hydrogens is 224 g/mol. The Morgan fingerprint density at radius 2 is 1.76 bits per heavy atom. The van der Waals surface area contributed by atoms with Crippen molar-refractivity contribution in [2.45, 2.75) is 27.2 Å². The number of hydrogen-bond donors (Lipinski definition) is 0. The van der Waals surface area contributed by atoms with Crippen molar-refractivity contribution in [3.63, 3.8) is 0 Å². The van der Waals surface area contributed by atoms with Crippen molar-refractivity contribution < 1.29 is 23.8 Å². The van der Waals surface area contributed by atoms with E-state index < -0.39 is 11.6 Å². The summed E-state index contributed by atoms with van der Waals surface area (Å²) in [5.41, 5.74) is -0.511. The molecule has 0 aliphatic carbocycles. The van der Waals surface area contributed by atoms with Crippen LogP contribution in [-0.2, 0) is 19.0 Å². The van der Waals surface area contributed by atoms with Gasteiger partial charge < -0.3 is 14.2 Å². The molecule has 0 aromatic heterocycles. The molecule has 0 aliphatic rings. The molecule has 0 aromatic rings. The van der Waals surface area contributed by atoms with E-state index in [0.717, 1.165) is 0 Å². The molecule has 5 heteroatoms. The number of ether oxygens (including phenoxy) is 3. The second kappa shape index (κ2) is 7.70. The summed E-state index contributed by atoms with van der Waals surface area (Å²) >= 11 is 0. The van der Waals surface area contributed by atoms with Crippen molar-refractivity contribution in [3.8, 4) is 0 Å². The maximum absolute atomic E-state index is 11.5. The van der Waals surface area contributed by atoms with Crippen LogP contribution in [0.4, 0.5) is 4.79 Å². The van der Waals surface area contributed by atoms with E-state index in [4.69, 9.17) is 4.74 Å². The minimum absolute atomic E-state index is 0.0124. The van der Waals surface area contributed by atoms with Crippen LogP contribution in [0.25, 0.3) is 0 Å². The molecule has 0 amide bonds. The summed E-state index contributed by atoms with van der Waals surface area (Å²) in [7, 11) is 0. The van der Waals surface area contributed by atoms with E-state index in [1.165, 1.54) is 6.08 Å². The third-order valence-electron chi connectivity index (χ3n) is 2.29. The van der Waals surface area contributed by atoms with Gasteiger partial charge in [0.15, 0.2) is 0 Å². The van der Waals surface area contributed by atoms with Crippen molar-refractivity contribution in [1.82, 2.24) is 0 Å². The van der Waals surface area contributed by atoms with Gasteiger partial charge in [0.25, 0.3) is 0 Å². The van der Waals surface area contributed by atoms with Gasteiger partial charge in [-0.05, 0) is 20.3 Å². The number of esters is 1. The summed E-state index contributed by atoms with van der Waals surface area (Å²) in [4.78, 5) is 22.4. The van der Waals surface area contributed by atoms with Gasteiger partial charge in [-0.2, -0.15) is 0 Å². The maximum atomic E-state index is 11.5. The molecule has 0 fully saturated rings. The van der Waals surface area contributed by atoms with Gasteiger partial charge in [-0.25, -0.2) is 4.79 Å². The summed E-state index contributed by atoms with van der Waals surface area (Å²) in [5.74, 6) is -0.303.